The van der Waals surface area contributed by atoms with Crippen molar-refractivity contribution < 1.29 is 43.6 Å². The van der Waals surface area contributed by atoms with Crippen molar-refractivity contribution in [2.24, 2.45) is 22.7 Å². The number of hydrogen-bond acceptors (Lipinski definition) is 8. The van der Waals surface area contributed by atoms with E-state index in [1.807, 2.05) is 13.0 Å². The third-order valence-corrected chi connectivity index (χ3v) is 9.88. The van der Waals surface area contributed by atoms with Gasteiger partial charge in [0.25, 0.3) is 0 Å². The Kier molecular flexibility index (Phi) is 6.23. The molecule has 2 fully saturated rings. The Hall–Kier alpha value is -3.17. The number of fused-ring (bicyclic) bond motifs is 4. The van der Waals surface area contributed by atoms with E-state index in [1.54, 1.807) is 43.5 Å². The molecule has 3 aliphatic carbocycles. The van der Waals surface area contributed by atoms with Crippen molar-refractivity contribution in [1.82, 2.24) is 0 Å². The average Bonchev–Trinajstić information content (AvgIpc) is 3.36. The summed E-state index contributed by atoms with van der Waals surface area (Å²) in [6.07, 6.45) is -1.83. The number of aliphatic hydroxyl groups excluding tert-OH is 1. The van der Waals surface area contributed by atoms with E-state index in [0.29, 0.717) is 6.42 Å². The van der Waals surface area contributed by atoms with Crippen LogP contribution in [0, 0.1) is 22.7 Å². The molecule has 0 bridgehead atoms. The van der Waals surface area contributed by atoms with E-state index in [0.717, 1.165) is 11.3 Å². The zero-order valence-corrected chi connectivity index (χ0v) is 21.9. The van der Waals surface area contributed by atoms with Crippen LogP contribution >= 0.6 is 0 Å². The van der Waals surface area contributed by atoms with Crippen molar-refractivity contribution in [2.45, 2.75) is 76.8 Å². The summed E-state index contributed by atoms with van der Waals surface area (Å²) in [6.45, 7) is 6.29. The number of carboxylic acid groups (broad SMARTS) is 1. The highest BCUT2D eigenvalue weighted by molar-refractivity contribution is 5.89. The largest absolute Gasteiger partial charge is 0.481 e. The Balaban J connectivity index is 1.76. The lowest BCUT2D eigenvalue weighted by atomic mass is 9.39. The molecule has 0 aliphatic heterocycles. The molecule has 9 atom stereocenters. The number of ether oxygens (including phenoxy) is 2. The van der Waals surface area contributed by atoms with E-state index < -0.39 is 64.5 Å². The van der Waals surface area contributed by atoms with Gasteiger partial charge in [0.05, 0.1) is 17.9 Å². The Morgan fingerprint density at radius 2 is 1.76 bits per heavy atom. The van der Waals surface area contributed by atoms with Crippen LogP contribution in [0.15, 0.2) is 47.1 Å². The molecule has 3 N–H and O–H groups in total. The van der Waals surface area contributed by atoms with Gasteiger partial charge >= 0.3 is 17.9 Å². The number of carbonyl (C=O) groups excluding carboxylic acids is 2. The molecule has 2 saturated carbocycles. The number of benzene rings is 1. The first kappa shape index (κ1) is 26.4. The first-order chi connectivity index (χ1) is 17.9. The molecule has 1 aromatic heterocycles. The fourth-order valence-electron chi connectivity index (χ4n) is 7.82. The standard InChI is InChI=1S/C29H34O9/c1-15-18-11-13-36-20(18)14-19-22(15)23(37-16(2)30)24(38-25(32)17-8-6-5-7-9-17)29(35)27(19,3)12-10-21(31)28(29,4)26(33)34/h5-9,11,13,15,19,21-24,31,35H,10,12,14H2,1-4H3,(H,33,34). The Morgan fingerprint density at radius 1 is 1.08 bits per heavy atom. The lowest BCUT2D eigenvalue weighted by Gasteiger charge is -2.68. The Labute approximate surface area is 220 Å². The minimum atomic E-state index is -2.31. The normalized spacial score (nSPS) is 39.7. The molecule has 9 heteroatoms. The predicted molar refractivity (Wildman–Crippen MR) is 133 cm³/mol. The van der Waals surface area contributed by atoms with E-state index in [9.17, 15) is 29.7 Å². The smallest absolute Gasteiger partial charge is 0.338 e. The molecule has 38 heavy (non-hydrogen) atoms. The van der Waals surface area contributed by atoms with Gasteiger partial charge in [-0.25, -0.2) is 4.79 Å². The van der Waals surface area contributed by atoms with Gasteiger partial charge in [0, 0.05) is 24.7 Å². The topological polar surface area (TPSA) is 144 Å². The van der Waals surface area contributed by atoms with Gasteiger partial charge in [0.1, 0.15) is 22.9 Å². The second kappa shape index (κ2) is 8.95. The summed E-state index contributed by atoms with van der Waals surface area (Å²) < 4.78 is 17.7. The summed E-state index contributed by atoms with van der Waals surface area (Å²) in [5.41, 5.74) is -4.47. The highest BCUT2D eigenvalue weighted by Gasteiger charge is 2.79. The van der Waals surface area contributed by atoms with Crippen molar-refractivity contribution >= 4 is 17.9 Å². The number of carbonyl (C=O) groups is 3. The summed E-state index contributed by atoms with van der Waals surface area (Å²) in [7, 11) is 0. The molecule has 9 unspecified atom stereocenters. The molecule has 0 radical (unpaired) electrons. The van der Waals surface area contributed by atoms with Gasteiger partial charge in [-0.3, -0.25) is 9.59 Å². The molecule has 5 rings (SSSR count). The predicted octanol–water partition coefficient (Wildman–Crippen LogP) is 3.33. The van der Waals surface area contributed by atoms with Crippen LogP contribution < -0.4 is 0 Å². The number of aliphatic carboxylic acids is 1. The maximum absolute atomic E-state index is 13.4. The number of esters is 2. The quantitative estimate of drug-likeness (QED) is 0.511. The summed E-state index contributed by atoms with van der Waals surface area (Å²) in [4.78, 5) is 38.8. The van der Waals surface area contributed by atoms with Crippen molar-refractivity contribution in [3.8, 4) is 0 Å². The molecular weight excluding hydrogens is 492 g/mol. The molecule has 204 valence electrons. The fraction of sp³-hybridized carbons (Fsp3) is 0.552. The van der Waals surface area contributed by atoms with E-state index in [1.165, 1.54) is 13.8 Å². The van der Waals surface area contributed by atoms with Crippen LogP contribution in [0.4, 0.5) is 0 Å². The van der Waals surface area contributed by atoms with Gasteiger partial charge in [-0.15, -0.1) is 0 Å². The Bertz CT molecular complexity index is 1250. The number of rotatable bonds is 4. The van der Waals surface area contributed by atoms with E-state index >= 15 is 0 Å². The first-order valence-electron chi connectivity index (χ1n) is 13.0. The third kappa shape index (κ3) is 3.41. The van der Waals surface area contributed by atoms with Gasteiger partial charge in [-0.05, 0) is 55.4 Å². The lowest BCUT2D eigenvalue weighted by Crippen LogP contribution is -2.81. The molecule has 1 aromatic carbocycles. The molecule has 2 aromatic rings. The third-order valence-electron chi connectivity index (χ3n) is 9.88. The molecular formula is C29H34O9. The van der Waals surface area contributed by atoms with Crippen LogP contribution in [0.3, 0.4) is 0 Å². The summed E-state index contributed by atoms with van der Waals surface area (Å²) >= 11 is 0. The van der Waals surface area contributed by atoms with Gasteiger partial charge in [0.2, 0.25) is 0 Å². The summed E-state index contributed by atoms with van der Waals surface area (Å²) in [5, 5.41) is 34.5. The van der Waals surface area contributed by atoms with Gasteiger partial charge < -0.3 is 29.2 Å². The molecule has 1 heterocycles. The Morgan fingerprint density at radius 3 is 2.39 bits per heavy atom. The minimum absolute atomic E-state index is 0.127. The SMILES string of the molecule is CC(=O)OC1C2C(C)c3ccoc3CC2C2(C)CCC(O)C(C)(C(=O)O)C2(O)C1OC(=O)c1ccccc1. The molecule has 3 aliphatic rings. The number of furan rings is 1. The molecule has 0 amide bonds. The number of carboxylic acids is 1. The highest BCUT2D eigenvalue weighted by Crippen LogP contribution is 2.68. The molecule has 9 nitrogen and oxygen atoms in total. The van der Waals surface area contributed by atoms with Crippen molar-refractivity contribution in [1.29, 1.82) is 0 Å². The average molecular weight is 527 g/mol. The summed E-state index contributed by atoms with van der Waals surface area (Å²) in [5.74, 6) is -3.18. The maximum atomic E-state index is 13.4. The zero-order chi connectivity index (χ0) is 27.6. The van der Waals surface area contributed by atoms with Crippen LogP contribution in [-0.2, 0) is 25.5 Å². The van der Waals surface area contributed by atoms with Crippen LogP contribution in [0.5, 0.6) is 0 Å². The van der Waals surface area contributed by atoms with Gasteiger partial charge in [0.15, 0.2) is 6.10 Å². The highest BCUT2D eigenvalue weighted by atomic mass is 16.6. The molecule has 0 saturated heterocycles. The van der Waals surface area contributed by atoms with Crippen LogP contribution in [0.1, 0.15) is 68.1 Å². The lowest BCUT2D eigenvalue weighted by molar-refractivity contribution is -0.328. The zero-order valence-electron chi connectivity index (χ0n) is 21.9. The maximum Gasteiger partial charge on any atom is 0.338 e. The molecule has 0 spiro atoms. The van der Waals surface area contributed by atoms with Gasteiger partial charge in [-0.2, -0.15) is 0 Å². The number of aliphatic hydroxyl groups is 2. The van der Waals surface area contributed by atoms with Gasteiger partial charge in [-0.1, -0.05) is 32.0 Å². The van der Waals surface area contributed by atoms with E-state index in [4.69, 9.17) is 13.9 Å². The second-order valence-corrected chi connectivity index (χ2v) is 11.5. The minimum Gasteiger partial charge on any atom is -0.481 e. The van der Waals surface area contributed by atoms with Crippen LogP contribution in [0.25, 0.3) is 0 Å². The second-order valence-electron chi connectivity index (χ2n) is 11.5. The van der Waals surface area contributed by atoms with Crippen molar-refractivity contribution in [3.63, 3.8) is 0 Å². The van der Waals surface area contributed by atoms with E-state index in [2.05, 4.69) is 0 Å². The monoisotopic (exact) mass is 526 g/mol. The van der Waals surface area contributed by atoms with Crippen molar-refractivity contribution in [2.75, 3.05) is 0 Å². The van der Waals surface area contributed by atoms with Crippen molar-refractivity contribution in [3.05, 3.63) is 59.5 Å². The number of hydrogen-bond donors (Lipinski definition) is 3. The van der Waals surface area contributed by atoms with E-state index in [-0.39, 0.29) is 24.3 Å². The van der Waals surface area contributed by atoms with Crippen LogP contribution in [0.2, 0.25) is 0 Å². The fourth-order valence-corrected chi connectivity index (χ4v) is 7.82. The first-order valence-corrected chi connectivity index (χ1v) is 13.0. The van der Waals surface area contributed by atoms with Crippen LogP contribution in [-0.4, -0.2) is 57.1 Å². The summed E-state index contributed by atoms with van der Waals surface area (Å²) in [6, 6.07) is 10.0.